The number of fused-ring (bicyclic) bond motifs is 2. The summed E-state index contributed by atoms with van der Waals surface area (Å²) in [6.07, 6.45) is 4.42. The maximum absolute atomic E-state index is 12.2. The van der Waals surface area contributed by atoms with Crippen LogP contribution in [-0.4, -0.2) is 35.5 Å². The lowest BCUT2D eigenvalue weighted by molar-refractivity contribution is -0.118. The summed E-state index contributed by atoms with van der Waals surface area (Å²) >= 11 is 3.41. The highest BCUT2D eigenvalue weighted by Crippen LogP contribution is 2.34. The number of nitrogens with two attached hydrogens (primary N) is 1. The fourth-order valence-electron chi connectivity index (χ4n) is 3.51. The summed E-state index contributed by atoms with van der Waals surface area (Å²) in [6, 6.07) is 9.00. The van der Waals surface area contributed by atoms with Gasteiger partial charge >= 0.3 is 0 Å². The first-order valence-electron chi connectivity index (χ1n) is 7.18. The van der Waals surface area contributed by atoms with Gasteiger partial charge in [-0.25, -0.2) is 0 Å². The minimum Gasteiger partial charge on any atom is -0.328 e. The molecule has 2 saturated heterocycles. The molecule has 0 aromatic heterocycles. The Hall–Kier alpha value is -0.910. The first-order valence-corrected chi connectivity index (χ1v) is 7.98. The Bertz CT molecular complexity index is 494. The summed E-state index contributed by atoms with van der Waals surface area (Å²) in [5.74, 6) is 0.0653. The maximum Gasteiger partial charge on any atom is 0.238 e. The van der Waals surface area contributed by atoms with Crippen LogP contribution in [0.15, 0.2) is 28.7 Å². The zero-order valence-electron chi connectivity index (χ0n) is 11.4. The molecule has 0 radical (unpaired) electrons. The van der Waals surface area contributed by atoms with Crippen LogP contribution in [0, 0.1) is 0 Å². The number of halogens is 1. The van der Waals surface area contributed by atoms with E-state index in [1.54, 1.807) is 0 Å². The lowest BCUT2D eigenvalue weighted by Gasteiger charge is -2.37. The SMILES string of the molecule is NC1CC2CCC(C1)N2CC(=O)Nc1cccc(Br)c1. The van der Waals surface area contributed by atoms with E-state index < -0.39 is 0 Å². The van der Waals surface area contributed by atoms with Gasteiger partial charge in [-0.2, -0.15) is 0 Å². The second-order valence-electron chi connectivity index (χ2n) is 5.85. The third-order valence-corrected chi connectivity index (χ3v) is 4.85. The molecule has 2 atom stereocenters. The first kappa shape index (κ1) is 14.0. The van der Waals surface area contributed by atoms with Crippen molar-refractivity contribution in [3.8, 4) is 0 Å². The summed E-state index contributed by atoms with van der Waals surface area (Å²) in [4.78, 5) is 14.5. The van der Waals surface area contributed by atoms with E-state index in [2.05, 4.69) is 26.1 Å². The van der Waals surface area contributed by atoms with Crippen molar-refractivity contribution in [2.75, 3.05) is 11.9 Å². The number of anilines is 1. The second kappa shape index (κ2) is 5.84. The van der Waals surface area contributed by atoms with Crippen molar-refractivity contribution in [3.05, 3.63) is 28.7 Å². The molecule has 1 aromatic carbocycles. The standard InChI is InChI=1S/C15H20BrN3O/c16-10-2-1-3-12(6-10)18-15(20)9-19-13-4-5-14(19)8-11(17)7-13/h1-3,6,11,13-14H,4-5,7-9,17H2,(H,18,20). The number of carbonyl (C=O) groups excluding carboxylic acids is 1. The summed E-state index contributed by atoms with van der Waals surface area (Å²) in [7, 11) is 0. The Labute approximate surface area is 127 Å². The van der Waals surface area contributed by atoms with Crippen molar-refractivity contribution < 1.29 is 4.79 Å². The molecule has 0 aliphatic carbocycles. The third-order valence-electron chi connectivity index (χ3n) is 4.36. The van der Waals surface area contributed by atoms with E-state index in [9.17, 15) is 4.79 Å². The molecular weight excluding hydrogens is 318 g/mol. The van der Waals surface area contributed by atoms with E-state index in [-0.39, 0.29) is 5.91 Å². The zero-order chi connectivity index (χ0) is 14.1. The zero-order valence-corrected chi connectivity index (χ0v) is 13.0. The van der Waals surface area contributed by atoms with Gasteiger partial charge in [0, 0.05) is 28.3 Å². The highest BCUT2D eigenvalue weighted by atomic mass is 79.9. The molecule has 1 aromatic rings. The van der Waals surface area contributed by atoms with Crippen molar-refractivity contribution in [2.24, 2.45) is 5.73 Å². The van der Waals surface area contributed by atoms with Crippen LogP contribution in [0.25, 0.3) is 0 Å². The fourth-order valence-corrected chi connectivity index (χ4v) is 3.91. The van der Waals surface area contributed by atoms with Gasteiger partial charge < -0.3 is 11.1 Å². The average molecular weight is 338 g/mol. The summed E-state index contributed by atoms with van der Waals surface area (Å²) in [5, 5.41) is 2.97. The van der Waals surface area contributed by atoms with Gasteiger partial charge in [-0.1, -0.05) is 22.0 Å². The van der Waals surface area contributed by atoms with Gasteiger partial charge in [0.1, 0.15) is 0 Å². The molecule has 0 spiro atoms. The highest BCUT2D eigenvalue weighted by Gasteiger charge is 2.40. The molecule has 4 nitrogen and oxygen atoms in total. The van der Waals surface area contributed by atoms with Crippen LogP contribution in [0.5, 0.6) is 0 Å². The first-order chi connectivity index (χ1) is 9.61. The molecule has 2 heterocycles. The van der Waals surface area contributed by atoms with Crippen molar-refractivity contribution in [3.63, 3.8) is 0 Å². The number of hydrogen-bond donors (Lipinski definition) is 2. The van der Waals surface area contributed by atoms with Gasteiger partial charge in [-0.3, -0.25) is 9.69 Å². The lowest BCUT2D eigenvalue weighted by atomic mass is 9.98. The molecule has 3 rings (SSSR count). The van der Waals surface area contributed by atoms with Crippen LogP contribution >= 0.6 is 15.9 Å². The van der Waals surface area contributed by atoms with E-state index in [4.69, 9.17) is 5.73 Å². The normalized spacial score (nSPS) is 29.4. The number of rotatable bonds is 3. The minimum absolute atomic E-state index is 0.0653. The number of carbonyl (C=O) groups is 1. The number of amides is 1. The molecule has 3 N–H and O–H groups in total. The highest BCUT2D eigenvalue weighted by molar-refractivity contribution is 9.10. The lowest BCUT2D eigenvalue weighted by Crippen LogP contribution is -2.49. The quantitative estimate of drug-likeness (QED) is 0.889. The largest absolute Gasteiger partial charge is 0.328 e. The molecule has 20 heavy (non-hydrogen) atoms. The molecular formula is C15H20BrN3O. The third kappa shape index (κ3) is 3.05. The molecule has 5 heteroatoms. The molecule has 2 aliphatic heterocycles. The van der Waals surface area contributed by atoms with Gasteiger partial charge in [0.15, 0.2) is 0 Å². The van der Waals surface area contributed by atoms with Crippen molar-refractivity contribution in [2.45, 2.75) is 43.8 Å². The van der Waals surface area contributed by atoms with Crippen LogP contribution in [0.2, 0.25) is 0 Å². The topological polar surface area (TPSA) is 58.4 Å². The number of nitrogens with zero attached hydrogens (tertiary/aromatic N) is 1. The summed E-state index contributed by atoms with van der Waals surface area (Å²) < 4.78 is 0.972. The van der Waals surface area contributed by atoms with Crippen LogP contribution in [0.3, 0.4) is 0 Å². The Morgan fingerprint density at radius 3 is 2.70 bits per heavy atom. The molecule has 2 unspecified atom stereocenters. The predicted octanol–water partition coefficient (Wildman–Crippen LogP) is 2.34. The Morgan fingerprint density at radius 2 is 2.05 bits per heavy atom. The van der Waals surface area contributed by atoms with Crippen LogP contribution in [0.4, 0.5) is 5.69 Å². The number of piperidine rings is 1. The number of nitrogens with one attached hydrogen (secondary N) is 1. The van der Waals surface area contributed by atoms with E-state index in [0.717, 1.165) is 23.0 Å². The Kier molecular flexibility index (Phi) is 4.10. The van der Waals surface area contributed by atoms with Crippen molar-refractivity contribution in [1.82, 2.24) is 4.90 Å². The van der Waals surface area contributed by atoms with Gasteiger partial charge in [0.2, 0.25) is 5.91 Å². The van der Waals surface area contributed by atoms with E-state index in [1.807, 2.05) is 24.3 Å². The summed E-state index contributed by atoms with van der Waals surface area (Å²) in [5.41, 5.74) is 6.89. The smallest absolute Gasteiger partial charge is 0.238 e. The van der Waals surface area contributed by atoms with Crippen LogP contribution < -0.4 is 11.1 Å². The minimum atomic E-state index is 0.0653. The number of hydrogen-bond acceptors (Lipinski definition) is 3. The number of benzene rings is 1. The van der Waals surface area contributed by atoms with Gasteiger partial charge in [0.05, 0.1) is 6.54 Å². The molecule has 0 saturated carbocycles. The Morgan fingerprint density at radius 1 is 1.35 bits per heavy atom. The molecule has 1 amide bonds. The summed E-state index contributed by atoms with van der Waals surface area (Å²) in [6.45, 7) is 0.481. The second-order valence-corrected chi connectivity index (χ2v) is 6.76. The van der Waals surface area contributed by atoms with E-state index >= 15 is 0 Å². The van der Waals surface area contributed by atoms with Crippen molar-refractivity contribution in [1.29, 1.82) is 0 Å². The van der Waals surface area contributed by atoms with Gasteiger partial charge in [-0.05, 0) is 43.9 Å². The molecule has 2 aliphatic rings. The predicted molar refractivity (Wildman–Crippen MR) is 83.5 cm³/mol. The maximum atomic E-state index is 12.2. The molecule has 108 valence electrons. The van der Waals surface area contributed by atoms with Crippen LogP contribution in [-0.2, 0) is 4.79 Å². The van der Waals surface area contributed by atoms with Crippen molar-refractivity contribution >= 4 is 27.5 Å². The van der Waals surface area contributed by atoms with E-state index in [1.165, 1.54) is 12.8 Å². The fraction of sp³-hybridized carbons (Fsp3) is 0.533. The van der Waals surface area contributed by atoms with E-state index in [0.29, 0.717) is 24.7 Å². The average Bonchev–Trinajstić information content (AvgIpc) is 2.62. The van der Waals surface area contributed by atoms with Crippen LogP contribution in [0.1, 0.15) is 25.7 Å². The molecule has 2 fully saturated rings. The van der Waals surface area contributed by atoms with Gasteiger partial charge in [-0.15, -0.1) is 0 Å². The van der Waals surface area contributed by atoms with Gasteiger partial charge in [0.25, 0.3) is 0 Å². The Balaban J connectivity index is 1.60. The molecule has 2 bridgehead atoms. The monoisotopic (exact) mass is 337 g/mol.